The van der Waals surface area contributed by atoms with Crippen molar-refractivity contribution in [3.05, 3.63) is 0 Å². The van der Waals surface area contributed by atoms with E-state index in [4.69, 9.17) is 4.74 Å². The number of rotatable bonds is 8. The lowest BCUT2D eigenvalue weighted by molar-refractivity contribution is -0.149. The molecule has 0 aromatic carbocycles. The van der Waals surface area contributed by atoms with Gasteiger partial charge in [0.1, 0.15) is 6.10 Å². The fourth-order valence-electron chi connectivity index (χ4n) is 2.02. The van der Waals surface area contributed by atoms with E-state index in [2.05, 4.69) is 27.7 Å². The van der Waals surface area contributed by atoms with E-state index in [0.717, 1.165) is 25.2 Å². The zero-order valence-corrected chi connectivity index (χ0v) is 11.6. The van der Waals surface area contributed by atoms with Crippen LogP contribution in [-0.4, -0.2) is 12.1 Å². The van der Waals surface area contributed by atoms with Crippen molar-refractivity contribution in [2.24, 2.45) is 11.8 Å². The van der Waals surface area contributed by atoms with Crippen LogP contribution in [-0.2, 0) is 9.53 Å². The summed E-state index contributed by atoms with van der Waals surface area (Å²) < 4.78 is 5.39. The Balaban J connectivity index is 4.05. The number of hydrogen-bond acceptors (Lipinski definition) is 2. The van der Waals surface area contributed by atoms with E-state index in [1.165, 1.54) is 19.8 Å². The summed E-state index contributed by atoms with van der Waals surface area (Å²) in [5, 5.41) is 0. The van der Waals surface area contributed by atoms with Crippen LogP contribution in [0.15, 0.2) is 0 Å². The summed E-state index contributed by atoms with van der Waals surface area (Å²) in [7, 11) is 0. The molecule has 0 aliphatic heterocycles. The van der Waals surface area contributed by atoms with Crippen molar-refractivity contribution < 1.29 is 9.53 Å². The highest BCUT2D eigenvalue weighted by Crippen LogP contribution is 2.21. The first kappa shape index (κ1) is 15.5. The summed E-state index contributed by atoms with van der Waals surface area (Å²) in [6, 6.07) is 0. The second-order valence-corrected chi connectivity index (χ2v) is 5.00. The molecule has 96 valence electrons. The average molecular weight is 228 g/mol. The van der Waals surface area contributed by atoms with E-state index < -0.39 is 0 Å². The molecule has 0 saturated carbocycles. The number of esters is 1. The smallest absolute Gasteiger partial charge is 0.302 e. The van der Waals surface area contributed by atoms with Crippen molar-refractivity contribution in [3.8, 4) is 0 Å². The standard InChI is InChI=1S/C14H28O2/c1-6-8-11(3)9-10-14(12(4)7-2)16-13(5)15/h11-12,14H,6-10H2,1-5H3/t11-,12?,14?/m1/s1. The molecule has 3 atom stereocenters. The molecular weight excluding hydrogens is 200 g/mol. The highest BCUT2D eigenvalue weighted by atomic mass is 16.5. The molecule has 0 saturated heterocycles. The van der Waals surface area contributed by atoms with Gasteiger partial charge in [-0.3, -0.25) is 4.79 Å². The molecule has 2 nitrogen and oxygen atoms in total. The third-order valence-electron chi connectivity index (χ3n) is 3.32. The molecular formula is C14H28O2. The normalized spacial score (nSPS) is 16.6. The number of hydrogen-bond donors (Lipinski definition) is 0. The molecule has 0 fully saturated rings. The van der Waals surface area contributed by atoms with Crippen LogP contribution in [0.3, 0.4) is 0 Å². The third-order valence-corrected chi connectivity index (χ3v) is 3.32. The van der Waals surface area contributed by atoms with Gasteiger partial charge in [0, 0.05) is 6.92 Å². The largest absolute Gasteiger partial charge is 0.462 e. The zero-order chi connectivity index (χ0) is 12.6. The molecule has 2 heteroatoms. The highest BCUT2D eigenvalue weighted by Gasteiger charge is 2.19. The molecule has 0 radical (unpaired) electrons. The first-order valence-electron chi connectivity index (χ1n) is 6.68. The van der Waals surface area contributed by atoms with E-state index in [-0.39, 0.29) is 12.1 Å². The Morgan fingerprint density at radius 2 is 1.75 bits per heavy atom. The summed E-state index contributed by atoms with van der Waals surface area (Å²) in [5.74, 6) is 1.07. The van der Waals surface area contributed by atoms with Crippen molar-refractivity contribution >= 4 is 5.97 Å². The third kappa shape index (κ3) is 6.86. The molecule has 0 rings (SSSR count). The van der Waals surface area contributed by atoms with Crippen LogP contribution in [0.4, 0.5) is 0 Å². The molecule has 0 amide bonds. The van der Waals surface area contributed by atoms with E-state index in [1.807, 2.05) is 0 Å². The summed E-state index contributed by atoms with van der Waals surface area (Å²) >= 11 is 0. The summed E-state index contributed by atoms with van der Waals surface area (Å²) in [6.07, 6.45) is 5.86. The Kier molecular flexibility index (Phi) is 8.32. The predicted octanol–water partition coefficient (Wildman–Crippen LogP) is 4.18. The Hall–Kier alpha value is -0.530. The van der Waals surface area contributed by atoms with Gasteiger partial charge in [0.15, 0.2) is 0 Å². The minimum absolute atomic E-state index is 0.113. The van der Waals surface area contributed by atoms with Crippen LogP contribution >= 0.6 is 0 Å². The number of carbonyl (C=O) groups is 1. The monoisotopic (exact) mass is 228 g/mol. The van der Waals surface area contributed by atoms with Crippen molar-refractivity contribution in [2.75, 3.05) is 0 Å². The fourth-order valence-corrected chi connectivity index (χ4v) is 2.02. The van der Waals surface area contributed by atoms with Crippen LogP contribution in [0.2, 0.25) is 0 Å². The molecule has 0 heterocycles. The second kappa shape index (κ2) is 8.60. The van der Waals surface area contributed by atoms with Crippen molar-refractivity contribution in [2.45, 2.75) is 72.8 Å². The maximum atomic E-state index is 11.0. The molecule has 0 aromatic heterocycles. The van der Waals surface area contributed by atoms with Crippen molar-refractivity contribution in [1.29, 1.82) is 0 Å². The molecule has 0 spiro atoms. The van der Waals surface area contributed by atoms with Crippen molar-refractivity contribution in [3.63, 3.8) is 0 Å². The van der Waals surface area contributed by atoms with E-state index >= 15 is 0 Å². The van der Waals surface area contributed by atoms with Crippen LogP contribution < -0.4 is 0 Å². The Morgan fingerprint density at radius 1 is 1.12 bits per heavy atom. The molecule has 0 aliphatic rings. The van der Waals surface area contributed by atoms with E-state index in [1.54, 1.807) is 0 Å². The van der Waals surface area contributed by atoms with Crippen LogP contribution in [0.5, 0.6) is 0 Å². The molecule has 0 aromatic rings. The second-order valence-electron chi connectivity index (χ2n) is 5.00. The fraction of sp³-hybridized carbons (Fsp3) is 0.929. The molecule has 2 unspecified atom stereocenters. The number of carbonyl (C=O) groups excluding carboxylic acids is 1. The van der Waals surface area contributed by atoms with E-state index in [0.29, 0.717) is 5.92 Å². The minimum Gasteiger partial charge on any atom is -0.462 e. The summed E-state index contributed by atoms with van der Waals surface area (Å²) in [5.41, 5.74) is 0. The maximum Gasteiger partial charge on any atom is 0.302 e. The summed E-state index contributed by atoms with van der Waals surface area (Å²) in [6.45, 7) is 10.3. The molecule has 16 heavy (non-hydrogen) atoms. The lowest BCUT2D eigenvalue weighted by atomic mass is 9.92. The van der Waals surface area contributed by atoms with Gasteiger partial charge in [-0.25, -0.2) is 0 Å². The molecule has 0 bridgehead atoms. The van der Waals surface area contributed by atoms with Gasteiger partial charge in [0.2, 0.25) is 0 Å². The van der Waals surface area contributed by atoms with Gasteiger partial charge in [-0.1, -0.05) is 47.0 Å². The Bertz CT molecular complexity index is 189. The predicted molar refractivity (Wildman–Crippen MR) is 68.3 cm³/mol. The van der Waals surface area contributed by atoms with Gasteiger partial charge < -0.3 is 4.74 Å². The highest BCUT2D eigenvalue weighted by molar-refractivity contribution is 5.66. The van der Waals surface area contributed by atoms with Crippen molar-refractivity contribution in [1.82, 2.24) is 0 Å². The SMILES string of the molecule is CCC[C@@H](C)CCC(OC(C)=O)C(C)CC. The van der Waals surface area contributed by atoms with Gasteiger partial charge in [0.05, 0.1) is 0 Å². The Morgan fingerprint density at radius 3 is 2.19 bits per heavy atom. The maximum absolute atomic E-state index is 11.0. The lowest BCUT2D eigenvalue weighted by Gasteiger charge is -2.24. The zero-order valence-electron chi connectivity index (χ0n) is 11.6. The van der Waals surface area contributed by atoms with Gasteiger partial charge in [0.25, 0.3) is 0 Å². The molecule has 0 N–H and O–H groups in total. The lowest BCUT2D eigenvalue weighted by Crippen LogP contribution is -2.24. The van der Waals surface area contributed by atoms with Gasteiger partial charge >= 0.3 is 5.97 Å². The molecule has 0 aliphatic carbocycles. The topological polar surface area (TPSA) is 26.3 Å². The van der Waals surface area contributed by atoms with Gasteiger partial charge in [-0.15, -0.1) is 0 Å². The first-order chi connectivity index (χ1) is 7.51. The minimum atomic E-state index is -0.145. The van der Waals surface area contributed by atoms with Crippen LogP contribution in [0.25, 0.3) is 0 Å². The summed E-state index contributed by atoms with van der Waals surface area (Å²) in [4.78, 5) is 11.0. The quantitative estimate of drug-likeness (QED) is 0.582. The number of ether oxygens (including phenoxy) is 1. The Labute approximate surface area is 101 Å². The average Bonchev–Trinajstić information content (AvgIpc) is 2.23. The van der Waals surface area contributed by atoms with Crippen LogP contribution in [0.1, 0.15) is 66.7 Å². The van der Waals surface area contributed by atoms with Crippen LogP contribution in [0, 0.1) is 11.8 Å². The first-order valence-corrected chi connectivity index (χ1v) is 6.68. The van der Waals surface area contributed by atoms with Gasteiger partial charge in [-0.05, 0) is 24.7 Å². The van der Waals surface area contributed by atoms with Gasteiger partial charge in [-0.2, -0.15) is 0 Å². The van der Waals surface area contributed by atoms with E-state index in [9.17, 15) is 4.79 Å².